The molecule has 0 spiro atoms. The number of hydrogen-bond acceptors (Lipinski definition) is 5. The van der Waals surface area contributed by atoms with Gasteiger partial charge in [0.2, 0.25) is 0 Å². The van der Waals surface area contributed by atoms with E-state index >= 15 is 0 Å². The first-order chi connectivity index (χ1) is 9.73. The van der Waals surface area contributed by atoms with E-state index in [1.807, 2.05) is 27.7 Å². The van der Waals surface area contributed by atoms with Crippen molar-refractivity contribution in [3.8, 4) is 0 Å². The Morgan fingerprint density at radius 1 is 1.52 bits per heavy atom. The van der Waals surface area contributed by atoms with E-state index in [1.54, 1.807) is 0 Å². The molecule has 0 radical (unpaired) electrons. The van der Waals surface area contributed by atoms with Crippen molar-refractivity contribution in [2.45, 2.75) is 64.8 Å². The second-order valence-electron chi connectivity index (χ2n) is 6.77. The third-order valence-corrected chi connectivity index (χ3v) is 3.52. The number of nitrogens with zero attached hydrogens (tertiary/aromatic N) is 1. The normalized spacial score (nSPS) is 24.0. The molecule has 21 heavy (non-hydrogen) atoms. The molecule has 1 amide bonds. The highest BCUT2D eigenvalue weighted by Crippen LogP contribution is 2.13. The molecule has 1 rings (SSSR count). The Bertz CT molecular complexity index is 331. The van der Waals surface area contributed by atoms with E-state index in [1.165, 1.54) is 0 Å². The molecule has 6 nitrogen and oxygen atoms in total. The van der Waals surface area contributed by atoms with E-state index in [0.29, 0.717) is 6.54 Å². The van der Waals surface area contributed by atoms with E-state index < -0.39 is 11.7 Å². The number of carbonyl (C=O) groups is 1. The van der Waals surface area contributed by atoms with Gasteiger partial charge in [-0.1, -0.05) is 0 Å². The molecule has 0 aromatic heterocycles. The van der Waals surface area contributed by atoms with Gasteiger partial charge in [-0.2, -0.15) is 0 Å². The molecule has 1 saturated heterocycles. The van der Waals surface area contributed by atoms with Crippen molar-refractivity contribution in [3.63, 3.8) is 0 Å². The molecular formula is C15H31N3O3. The monoisotopic (exact) mass is 301 g/mol. The minimum atomic E-state index is -0.493. The number of amides is 1. The maximum absolute atomic E-state index is 11.9. The fraction of sp³-hybridized carbons (Fsp3) is 0.933. The fourth-order valence-corrected chi connectivity index (χ4v) is 2.59. The van der Waals surface area contributed by atoms with Gasteiger partial charge in [0.25, 0.3) is 0 Å². The van der Waals surface area contributed by atoms with Crippen LogP contribution in [0, 0.1) is 0 Å². The first-order valence-electron chi connectivity index (χ1n) is 7.78. The van der Waals surface area contributed by atoms with Crippen molar-refractivity contribution in [1.82, 2.24) is 10.2 Å². The van der Waals surface area contributed by atoms with Crippen molar-refractivity contribution in [1.29, 1.82) is 0 Å². The van der Waals surface area contributed by atoms with Crippen LogP contribution in [0.3, 0.4) is 0 Å². The molecule has 1 heterocycles. The summed E-state index contributed by atoms with van der Waals surface area (Å²) >= 11 is 0. The predicted octanol–water partition coefficient (Wildman–Crippen LogP) is 1.34. The SMILES string of the molecule is CC1CN(C(CN)C(C)NC(=O)OC(C)(C)C)CCCO1. The maximum Gasteiger partial charge on any atom is 0.407 e. The summed E-state index contributed by atoms with van der Waals surface area (Å²) in [4.78, 5) is 14.2. The van der Waals surface area contributed by atoms with Gasteiger partial charge in [0, 0.05) is 38.3 Å². The molecule has 0 bridgehead atoms. The van der Waals surface area contributed by atoms with Crippen LogP contribution in [0.5, 0.6) is 0 Å². The van der Waals surface area contributed by atoms with Crippen molar-refractivity contribution < 1.29 is 14.3 Å². The van der Waals surface area contributed by atoms with Gasteiger partial charge < -0.3 is 20.5 Å². The van der Waals surface area contributed by atoms with Gasteiger partial charge in [0.05, 0.1) is 6.10 Å². The zero-order valence-corrected chi connectivity index (χ0v) is 14.0. The minimum absolute atomic E-state index is 0.0739. The molecule has 1 aliphatic heterocycles. The Labute approximate surface area is 128 Å². The number of hydrogen-bond donors (Lipinski definition) is 2. The van der Waals surface area contributed by atoms with Crippen LogP contribution in [-0.4, -0.2) is 61.0 Å². The van der Waals surface area contributed by atoms with Gasteiger partial charge >= 0.3 is 6.09 Å². The number of nitrogens with one attached hydrogen (secondary N) is 1. The highest BCUT2D eigenvalue weighted by atomic mass is 16.6. The quantitative estimate of drug-likeness (QED) is 0.819. The average molecular weight is 301 g/mol. The number of nitrogens with two attached hydrogens (primary N) is 1. The standard InChI is InChI=1S/C15H31N3O3/c1-11-10-18(7-6-8-20-11)13(9-16)12(2)17-14(19)21-15(3,4)5/h11-13H,6-10,16H2,1-5H3,(H,17,19). The molecule has 0 saturated carbocycles. The zero-order valence-electron chi connectivity index (χ0n) is 14.0. The first kappa shape index (κ1) is 18.2. The smallest absolute Gasteiger partial charge is 0.407 e. The molecule has 0 aromatic rings. The minimum Gasteiger partial charge on any atom is -0.444 e. The maximum atomic E-state index is 11.9. The number of rotatable bonds is 4. The van der Waals surface area contributed by atoms with Gasteiger partial charge in [-0.05, 0) is 41.0 Å². The summed E-state index contributed by atoms with van der Waals surface area (Å²) < 4.78 is 11.0. The fourth-order valence-electron chi connectivity index (χ4n) is 2.59. The predicted molar refractivity (Wildman–Crippen MR) is 83.3 cm³/mol. The molecule has 3 atom stereocenters. The molecule has 1 aliphatic rings. The average Bonchev–Trinajstić information content (AvgIpc) is 2.52. The van der Waals surface area contributed by atoms with Crippen LogP contribution in [0.25, 0.3) is 0 Å². The molecule has 0 aromatic carbocycles. The highest BCUT2D eigenvalue weighted by molar-refractivity contribution is 5.68. The van der Waals surface area contributed by atoms with Crippen LogP contribution < -0.4 is 11.1 Å². The van der Waals surface area contributed by atoms with Crippen LogP contribution >= 0.6 is 0 Å². The summed E-state index contributed by atoms with van der Waals surface area (Å²) in [5.41, 5.74) is 5.44. The van der Waals surface area contributed by atoms with Crippen molar-refractivity contribution in [3.05, 3.63) is 0 Å². The third kappa shape index (κ3) is 6.63. The van der Waals surface area contributed by atoms with E-state index in [4.69, 9.17) is 15.2 Å². The number of alkyl carbamates (subject to hydrolysis) is 1. The lowest BCUT2D eigenvalue weighted by molar-refractivity contribution is 0.0429. The van der Waals surface area contributed by atoms with Crippen molar-refractivity contribution in [2.75, 3.05) is 26.2 Å². The molecule has 3 unspecified atom stereocenters. The van der Waals surface area contributed by atoms with Gasteiger partial charge in [-0.3, -0.25) is 4.90 Å². The lowest BCUT2D eigenvalue weighted by Gasteiger charge is -2.35. The van der Waals surface area contributed by atoms with Crippen LogP contribution in [0.1, 0.15) is 41.0 Å². The van der Waals surface area contributed by atoms with E-state index in [0.717, 1.165) is 26.1 Å². The molecule has 3 N–H and O–H groups in total. The van der Waals surface area contributed by atoms with Gasteiger partial charge in [-0.15, -0.1) is 0 Å². The molecular weight excluding hydrogens is 270 g/mol. The van der Waals surface area contributed by atoms with Crippen LogP contribution in [0.2, 0.25) is 0 Å². The summed E-state index contributed by atoms with van der Waals surface area (Å²) in [6, 6.07) is 0.0109. The van der Waals surface area contributed by atoms with E-state index in [9.17, 15) is 4.79 Å². The summed E-state index contributed by atoms with van der Waals surface area (Å²) in [6.45, 7) is 12.6. The Morgan fingerprint density at radius 2 is 2.19 bits per heavy atom. The van der Waals surface area contributed by atoms with Crippen molar-refractivity contribution >= 4 is 6.09 Å². The Kier molecular flexibility index (Phi) is 6.90. The third-order valence-electron chi connectivity index (χ3n) is 3.52. The topological polar surface area (TPSA) is 76.8 Å². The van der Waals surface area contributed by atoms with E-state index in [2.05, 4.69) is 17.1 Å². The summed E-state index contributed by atoms with van der Waals surface area (Å²) in [6.07, 6.45) is 0.780. The van der Waals surface area contributed by atoms with Gasteiger partial charge in [0.15, 0.2) is 0 Å². The number of carbonyl (C=O) groups excluding carboxylic acids is 1. The Balaban J connectivity index is 2.59. The summed E-state index contributed by atoms with van der Waals surface area (Å²) in [7, 11) is 0. The Hall–Kier alpha value is -0.850. The number of ether oxygens (including phenoxy) is 2. The largest absolute Gasteiger partial charge is 0.444 e. The van der Waals surface area contributed by atoms with Crippen LogP contribution in [-0.2, 0) is 9.47 Å². The second kappa shape index (κ2) is 7.96. The van der Waals surface area contributed by atoms with Crippen molar-refractivity contribution in [2.24, 2.45) is 5.73 Å². The van der Waals surface area contributed by atoms with Gasteiger partial charge in [0.1, 0.15) is 5.60 Å². The second-order valence-corrected chi connectivity index (χ2v) is 6.77. The van der Waals surface area contributed by atoms with Crippen LogP contribution in [0.15, 0.2) is 0 Å². The zero-order chi connectivity index (χ0) is 16.0. The molecule has 0 aliphatic carbocycles. The lowest BCUT2D eigenvalue weighted by Crippen LogP contribution is -2.55. The highest BCUT2D eigenvalue weighted by Gasteiger charge is 2.28. The molecule has 124 valence electrons. The van der Waals surface area contributed by atoms with E-state index in [-0.39, 0.29) is 18.2 Å². The lowest BCUT2D eigenvalue weighted by atomic mass is 10.1. The summed E-state index contributed by atoms with van der Waals surface area (Å²) in [5, 5.41) is 2.90. The molecule has 6 heteroatoms. The summed E-state index contributed by atoms with van der Waals surface area (Å²) in [5.74, 6) is 0. The van der Waals surface area contributed by atoms with Crippen LogP contribution in [0.4, 0.5) is 4.79 Å². The molecule has 1 fully saturated rings. The first-order valence-corrected chi connectivity index (χ1v) is 7.78. The van der Waals surface area contributed by atoms with Gasteiger partial charge in [-0.25, -0.2) is 4.79 Å². The Morgan fingerprint density at radius 3 is 2.76 bits per heavy atom.